The van der Waals surface area contributed by atoms with E-state index in [1.165, 1.54) is 24.3 Å². The fourth-order valence-corrected chi connectivity index (χ4v) is 5.50. The van der Waals surface area contributed by atoms with E-state index in [-0.39, 0.29) is 29.3 Å². The Labute approximate surface area is 172 Å². The highest BCUT2D eigenvalue weighted by atomic mass is 16.6. The van der Waals surface area contributed by atoms with Crippen LogP contribution in [0.25, 0.3) is 0 Å². The lowest BCUT2D eigenvalue weighted by molar-refractivity contribution is -0.915. The highest BCUT2D eigenvalue weighted by Gasteiger charge is 2.68. The van der Waals surface area contributed by atoms with Crippen molar-refractivity contribution in [2.24, 2.45) is 11.8 Å². The van der Waals surface area contributed by atoms with E-state index in [0.29, 0.717) is 11.3 Å². The summed E-state index contributed by atoms with van der Waals surface area (Å²) in [6, 6.07) is 13.7. The van der Waals surface area contributed by atoms with E-state index in [9.17, 15) is 24.5 Å². The lowest BCUT2D eigenvalue weighted by Crippen LogP contribution is -3.16. The summed E-state index contributed by atoms with van der Waals surface area (Å²) in [5.41, 5.74) is 0.757. The van der Waals surface area contributed by atoms with Crippen molar-refractivity contribution < 1.29 is 24.2 Å². The second kappa shape index (κ2) is 6.84. The Balaban J connectivity index is 1.52. The summed E-state index contributed by atoms with van der Waals surface area (Å²) >= 11 is 0. The molecule has 0 radical (unpaired) electrons. The summed E-state index contributed by atoms with van der Waals surface area (Å²) in [6.45, 7) is 0.777. The number of anilines is 1. The molecule has 0 spiro atoms. The van der Waals surface area contributed by atoms with Crippen LogP contribution < -0.4 is 9.80 Å². The standard InChI is InChI=1S/C22H19N3O5/c26-20(13-5-2-1-3-6-13)19-18-17(16-7-4-12-23(16)19)21(27)24(22(18)28)14-8-10-15(11-9-14)25(29)30/h1-3,5-6,8-11,16-19H,4,7,12H2/p+1/t16-,17+,18+,19-/m0/s1. The molecule has 5 rings (SSSR count). The van der Waals surface area contributed by atoms with Crippen LogP contribution in [-0.4, -0.2) is 41.1 Å². The fraction of sp³-hybridized carbons (Fsp3) is 0.318. The molecule has 8 heteroatoms. The van der Waals surface area contributed by atoms with Crippen molar-refractivity contribution in [1.82, 2.24) is 0 Å². The van der Waals surface area contributed by atoms with Crippen molar-refractivity contribution in [3.63, 3.8) is 0 Å². The Morgan fingerprint density at radius 3 is 2.33 bits per heavy atom. The van der Waals surface area contributed by atoms with E-state index < -0.39 is 22.8 Å². The van der Waals surface area contributed by atoms with Crippen LogP contribution in [0.5, 0.6) is 0 Å². The monoisotopic (exact) mass is 406 g/mol. The van der Waals surface area contributed by atoms with Crippen LogP contribution in [0.4, 0.5) is 11.4 Å². The third-order valence-corrected chi connectivity index (χ3v) is 6.71. The quantitative estimate of drug-likeness (QED) is 0.353. The number of hydrogen-bond acceptors (Lipinski definition) is 5. The summed E-state index contributed by atoms with van der Waals surface area (Å²) in [7, 11) is 0. The highest BCUT2D eigenvalue weighted by Crippen LogP contribution is 2.40. The number of rotatable bonds is 4. The zero-order chi connectivity index (χ0) is 21.0. The van der Waals surface area contributed by atoms with Gasteiger partial charge in [-0.3, -0.25) is 24.5 Å². The zero-order valence-electron chi connectivity index (χ0n) is 16.1. The van der Waals surface area contributed by atoms with Gasteiger partial charge in [-0.2, -0.15) is 0 Å². The number of fused-ring (bicyclic) bond motifs is 3. The molecule has 152 valence electrons. The van der Waals surface area contributed by atoms with E-state index in [1.807, 2.05) is 6.07 Å². The number of non-ortho nitro benzene ring substituents is 1. The summed E-state index contributed by atoms with van der Waals surface area (Å²) in [5.74, 6) is -2.00. The second-order valence-electron chi connectivity index (χ2n) is 8.12. The number of nitro groups is 1. The molecular formula is C22H20N3O5+. The maximum Gasteiger partial charge on any atom is 0.269 e. The van der Waals surface area contributed by atoms with Gasteiger partial charge in [-0.15, -0.1) is 0 Å². The van der Waals surface area contributed by atoms with Crippen LogP contribution in [0.1, 0.15) is 23.2 Å². The molecule has 3 heterocycles. The minimum absolute atomic E-state index is 0.0489. The number of amides is 2. The number of nitrogens with zero attached hydrogens (tertiary/aromatic N) is 2. The number of nitrogens with one attached hydrogen (secondary N) is 1. The molecule has 1 unspecified atom stereocenters. The van der Waals surface area contributed by atoms with Crippen molar-refractivity contribution in [2.75, 3.05) is 11.4 Å². The van der Waals surface area contributed by atoms with Gasteiger partial charge >= 0.3 is 0 Å². The molecule has 3 saturated heterocycles. The van der Waals surface area contributed by atoms with Gasteiger partial charge in [0.2, 0.25) is 17.6 Å². The minimum atomic E-state index is -0.694. The zero-order valence-corrected chi connectivity index (χ0v) is 16.1. The smallest absolute Gasteiger partial charge is 0.269 e. The number of nitro benzene ring substituents is 1. The number of benzene rings is 2. The predicted octanol–water partition coefficient (Wildman–Crippen LogP) is 1.01. The topological polar surface area (TPSA) is 102 Å². The summed E-state index contributed by atoms with van der Waals surface area (Å²) in [5, 5.41) is 10.9. The van der Waals surface area contributed by atoms with Crippen LogP contribution in [-0.2, 0) is 9.59 Å². The normalized spacial score (nSPS) is 29.7. The molecule has 2 amide bonds. The van der Waals surface area contributed by atoms with Crippen LogP contribution in [0.3, 0.4) is 0 Å². The molecule has 0 bridgehead atoms. The molecule has 0 saturated carbocycles. The van der Waals surface area contributed by atoms with E-state index >= 15 is 0 Å². The Morgan fingerprint density at radius 2 is 1.67 bits per heavy atom. The summed E-state index contributed by atoms with van der Waals surface area (Å²) in [4.78, 5) is 52.6. The molecule has 0 aromatic heterocycles. The maximum absolute atomic E-state index is 13.4. The van der Waals surface area contributed by atoms with Crippen LogP contribution in [0.15, 0.2) is 54.6 Å². The van der Waals surface area contributed by atoms with Crippen molar-refractivity contribution >= 4 is 29.0 Å². The van der Waals surface area contributed by atoms with Crippen LogP contribution in [0.2, 0.25) is 0 Å². The van der Waals surface area contributed by atoms with Gasteiger partial charge in [0.25, 0.3) is 5.69 Å². The average Bonchev–Trinajstić information content (AvgIpc) is 3.40. The van der Waals surface area contributed by atoms with Gasteiger partial charge in [0.1, 0.15) is 17.9 Å². The van der Waals surface area contributed by atoms with E-state index in [4.69, 9.17) is 0 Å². The third-order valence-electron chi connectivity index (χ3n) is 6.71. The number of Topliss-reactive ketones (excluding diaryl/α,β-unsaturated/α-hetero) is 1. The minimum Gasteiger partial charge on any atom is -0.322 e. The molecular weight excluding hydrogens is 386 g/mol. The number of carbonyl (C=O) groups is 3. The summed E-state index contributed by atoms with van der Waals surface area (Å²) < 4.78 is 0. The Kier molecular flexibility index (Phi) is 4.25. The third kappa shape index (κ3) is 2.60. The van der Waals surface area contributed by atoms with Gasteiger partial charge in [0.05, 0.1) is 17.2 Å². The van der Waals surface area contributed by atoms with Crippen molar-refractivity contribution in [1.29, 1.82) is 0 Å². The first kappa shape index (κ1) is 18.6. The molecule has 3 aliphatic heterocycles. The fourth-order valence-electron chi connectivity index (χ4n) is 5.50. The second-order valence-corrected chi connectivity index (χ2v) is 8.12. The molecule has 30 heavy (non-hydrogen) atoms. The Hall–Kier alpha value is -3.39. The number of carbonyl (C=O) groups excluding carboxylic acids is 3. The molecule has 3 aliphatic rings. The van der Waals surface area contributed by atoms with Gasteiger partial charge < -0.3 is 4.90 Å². The Bertz CT molecular complexity index is 1050. The maximum atomic E-state index is 13.4. The largest absolute Gasteiger partial charge is 0.322 e. The van der Waals surface area contributed by atoms with Gasteiger partial charge in [0.15, 0.2) is 6.04 Å². The molecule has 5 atom stereocenters. The number of imide groups is 1. The molecule has 2 aromatic rings. The van der Waals surface area contributed by atoms with Crippen molar-refractivity contribution in [3.05, 3.63) is 70.3 Å². The lowest BCUT2D eigenvalue weighted by atomic mass is 9.85. The van der Waals surface area contributed by atoms with Crippen molar-refractivity contribution in [2.45, 2.75) is 24.9 Å². The molecule has 2 aromatic carbocycles. The molecule has 3 fully saturated rings. The van der Waals surface area contributed by atoms with Gasteiger partial charge in [0, 0.05) is 30.5 Å². The first-order valence-corrected chi connectivity index (χ1v) is 10.1. The first-order chi connectivity index (χ1) is 14.5. The molecule has 8 nitrogen and oxygen atoms in total. The van der Waals surface area contributed by atoms with E-state index in [2.05, 4.69) is 0 Å². The summed E-state index contributed by atoms with van der Waals surface area (Å²) in [6.07, 6.45) is 1.73. The number of ketones is 1. The van der Waals surface area contributed by atoms with Gasteiger partial charge in [-0.05, 0) is 12.1 Å². The van der Waals surface area contributed by atoms with Gasteiger partial charge in [-0.25, -0.2) is 4.90 Å². The highest BCUT2D eigenvalue weighted by molar-refractivity contribution is 6.24. The SMILES string of the molecule is O=C(c1ccccc1)[C@@H]1[C@@H]2C(=O)N(c3ccc([N+](=O)[O-])cc3)C(=O)[C@@H]2[C@@H]2CCC[NH+]12. The van der Waals surface area contributed by atoms with Crippen molar-refractivity contribution in [3.8, 4) is 0 Å². The lowest BCUT2D eigenvalue weighted by Gasteiger charge is -2.25. The van der Waals surface area contributed by atoms with Gasteiger partial charge in [-0.1, -0.05) is 30.3 Å². The molecule has 1 N–H and O–H groups in total. The molecule has 0 aliphatic carbocycles. The Morgan fingerprint density at radius 1 is 1.00 bits per heavy atom. The van der Waals surface area contributed by atoms with Crippen LogP contribution in [0, 0.1) is 22.0 Å². The number of hydrogen-bond donors (Lipinski definition) is 1. The predicted molar refractivity (Wildman–Crippen MR) is 106 cm³/mol. The van der Waals surface area contributed by atoms with E-state index in [0.717, 1.165) is 29.2 Å². The number of quaternary nitrogens is 1. The average molecular weight is 406 g/mol. The van der Waals surface area contributed by atoms with E-state index in [1.54, 1.807) is 24.3 Å². The van der Waals surface area contributed by atoms with Crippen LogP contribution >= 0.6 is 0 Å². The first-order valence-electron chi connectivity index (χ1n) is 10.1.